The fraction of sp³-hybridized carbons (Fsp3) is 0.941. The summed E-state index contributed by atoms with van der Waals surface area (Å²) >= 11 is 0. The lowest BCUT2D eigenvalue weighted by Crippen LogP contribution is -2.57. The lowest BCUT2D eigenvalue weighted by atomic mass is 9.78. The highest BCUT2D eigenvalue weighted by atomic mass is 16.2. The van der Waals surface area contributed by atoms with Gasteiger partial charge in [0.05, 0.1) is 0 Å². The molecule has 2 rings (SSSR count). The van der Waals surface area contributed by atoms with Gasteiger partial charge in [0.1, 0.15) is 0 Å². The average Bonchev–Trinajstić information content (AvgIpc) is 2.33. The SMILES string of the molecule is CCC1CC(NC(=O)C(C)(C)C)CN(C2CC(C)C2)C1. The van der Waals surface area contributed by atoms with E-state index in [0.717, 1.165) is 30.8 Å². The molecule has 20 heavy (non-hydrogen) atoms. The average molecular weight is 280 g/mol. The van der Waals surface area contributed by atoms with Crippen molar-refractivity contribution in [1.29, 1.82) is 0 Å². The van der Waals surface area contributed by atoms with Crippen LogP contribution in [-0.4, -0.2) is 36.0 Å². The zero-order valence-corrected chi connectivity index (χ0v) is 13.9. The highest BCUT2D eigenvalue weighted by molar-refractivity contribution is 5.81. The van der Waals surface area contributed by atoms with Crippen molar-refractivity contribution < 1.29 is 4.79 Å². The second-order valence-electron chi connectivity index (χ2n) is 8.11. The minimum Gasteiger partial charge on any atom is -0.352 e. The Kier molecular flexibility index (Phi) is 4.78. The number of amides is 1. The van der Waals surface area contributed by atoms with E-state index in [1.54, 1.807) is 0 Å². The zero-order valence-electron chi connectivity index (χ0n) is 13.9. The first kappa shape index (κ1) is 15.8. The molecule has 1 heterocycles. The molecule has 0 bridgehead atoms. The Morgan fingerprint density at radius 2 is 1.85 bits per heavy atom. The summed E-state index contributed by atoms with van der Waals surface area (Å²) < 4.78 is 0. The lowest BCUT2D eigenvalue weighted by molar-refractivity contribution is -0.130. The summed E-state index contributed by atoms with van der Waals surface area (Å²) in [6, 6.07) is 1.12. The van der Waals surface area contributed by atoms with Gasteiger partial charge in [0.15, 0.2) is 0 Å². The van der Waals surface area contributed by atoms with Gasteiger partial charge in [0, 0.05) is 30.6 Å². The third kappa shape index (κ3) is 3.75. The maximum absolute atomic E-state index is 12.2. The quantitative estimate of drug-likeness (QED) is 0.862. The Balaban J connectivity index is 1.93. The predicted octanol–water partition coefficient (Wildman–Crippen LogP) is 3.05. The summed E-state index contributed by atoms with van der Waals surface area (Å²) in [6.07, 6.45) is 5.06. The van der Waals surface area contributed by atoms with Crippen molar-refractivity contribution in [3.8, 4) is 0 Å². The van der Waals surface area contributed by atoms with E-state index in [9.17, 15) is 4.79 Å². The molecule has 2 unspecified atom stereocenters. The molecule has 116 valence electrons. The van der Waals surface area contributed by atoms with Gasteiger partial charge in [-0.15, -0.1) is 0 Å². The van der Waals surface area contributed by atoms with Crippen LogP contribution in [0, 0.1) is 17.3 Å². The Morgan fingerprint density at radius 3 is 2.35 bits per heavy atom. The van der Waals surface area contributed by atoms with Gasteiger partial charge in [0.25, 0.3) is 0 Å². The molecule has 0 aromatic carbocycles. The third-order valence-corrected chi connectivity index (χ3v) is 5.02. The van der Waals surface area contributed by atoms with Crippen LogP contribution in [0.3, 0.4) is 0 Å². The van der Waals surface area contributed by atoms with Crippen molar-refractivity contribution in [2.45, 2.75) is 72.4 Å². The molecule has 1 amide bonds. The largest absolute Gasteiger partial charge is 0.352 e. The van der Waals surface area contributed by atoms with Gasteiger partial charge in [-0.05, 0) is 31.1 Å². The standard InChI is InChI=1S/C17H32N2O/c1-6-13-9-14(18-16(20)17(3,4)5)11-19(10-13)15-7-12(2)8-15/h12-15H,6-11H2,1-5H3,(H,18,20). The van der Waals surface area contributed by atoms with Crippen LogP contribution in [0.2, 0.25) is 0 Å². The molecule has 1 saturated carbocycles. The summed E-state index contributed by atoms with van der Waals surface area (Å²) in [7, 11) is 0. The van der Waals surface area contributed by atoms with Gasteiger partial charge in [0.2, 0.25) is 5.91 Å². The molecule has 0 aromatic heterocycles. The fourth-order valence-electron chi connectivity index (χ4n) is 3.50. The Hall–Kier alpha value is -0.570. The van der Waals surface area contributed by atoms with E-state index in [-0.39, 0.29) is 11.3 Å². The van der Waals surface area contributed by atoms with Gasteiger partial charge >= 0.3 is 0 Å². The smallest absolute Gasteiger partial charge is 0.225 e. The van der Waals surface area contributed by atoms with Crippen LogP contribution >= 0.6 is 0 Å². The van der Waals surface area contributed by atoms with Crippen molar-refractivity contribution in [3.63, 3.8) is 0 Å². The van der Waals surface area contributed by atoms with E-state index < -0.39 is 0 Å². The number of likely N-dealkylation sites (tertiary alicyclic amines) is 1. The van der Waals surface area contributed by atoms with E-state index in [4.69, 9.17) is 0 Å². The van der Waals surface area contributed by atoms with Crippen molar-refractivity contribution in [2.75, 3.05) is 13.1 Å². The molecule has 1 aliphatic carbocycles. The minimum atomic E-state index is -0.283. The number of piperidine rings is 1. The predicted molar refractivity (Wildman–Crippen MR) is 83.5 cm³/mol. The molecule has 3 heteroatoms. The molecule has 1 N–H and O–H groups in total. The normalized spacial score (nSPS) is 35.5. The van der Waals surface area contributed by atoms with Gasteiger partial charge in [-0.3, -0.25) is 9.69 Å². The lowest BCUT2D eigenvalue weighted by Gasteiger charge is -2.47. The molecule has 0 aromatic rings. The Bertz CT molecular complexity index is 341. The van der Waals surface area contributed by atoms with Crippen molar-refractivity contribution in [2.24, 2.45) is 17.3 Å². The van der Waals surface area contributed by atoms with Crippen LogP contribution in [0.15, 0.2) is 0 Å². The third-order valence-electron chi connectivity index (χ3n) is 5.02. The van der Waals surface area contributed by atoms with Gasteiger partial charge in [-0.25, -0.2) is 0 Å². The van der Waals surface area contributed by atoms with Crippen LogP contribution in [-0.2, 0) is 4.79 Å². The molecule has 0 radical (unpaired) electrons. The van der Waals surface area contributed by atoms with Crippen LogP contribution in [0.5, 0.6) is 0 Å². The first-order chi connectivity index (χ1) is 9.29. The van der Waals surface area contributed by atoms with E-state index >= 15 is 0 Å². The van der Waals surface area contributed by atoms with Crippen molar-refractivity contribution in [3.05, 3.63) is 0 Å². The molecule has 2 atom stereocenters. The molecular formula is C17H32N2O. The second-order valence-corrected chi connectivity index (χ2v) is 8.11. The van der Waals surface area contributed by atoms with Crippen molar-refractivity contribution in [1.82, 2.24) is 10.2 Å². The molecule has 2 aliphatic rings. The van der Waals surface area contributed by atoms with Gasteiger partial charge in [-0.2, -0.15) is 0 Å². The van der Waals surface area contributed by atoms with Crippen LogP contribution in [0.4, 0.5) is 0 Å². The number of hydrogen-bond donors (Lipinski definition) is 1. The zero-order chi connectivity index (χ0) is 14.9. The second kappa shape index (κ2) is 6.05. The Morgan fingerprint density at radius 1 is 1.20 bits per heavy atom. The first-order valence-electron chi connectivity index (χ1n) is 8.34. The maximum atomic E-state index is 12.2. The van der Waals surface area contributed by atoms with E-state index in [1.165, 1.54) is 25.8 Å². The van der Waals surface area contributed by atoms with Crippen LogP contribution in [0.25, 0.3) is 0 Å². The number of rotatable bonds is 3. The Labute approximate surface area is 124 Å². The maximum Gasteiger partial charge on any atom is 0.225 e. The van der Waals surface area contributed by atoms with Crippen molar-refractivity contribution >= 4 is 5.91 Å². The number of hydrogen-bond acceptors (Lipinski definition) is 2. The molecule has 1 saturated heterocycles. The van der Waals surface area contributed by atoms with Crippen LogP contribution < -0.4 is 5.32 Å². The summed E-state index contributed by atoms with van der Waals surface area (Å²) in [5.41, 5.74) is -0.283. The van der Waals surface area contributed by atoms with Gasteiger partial charge < -0.3 is 5.32 Å². The number of carbonyl (C=O) groups is 1. The monoisotopic (exact) mass is 280 g/mol. The molecule has 1 aliphatic heterocycles. The van der Waals surface area contributed by atoms with Crippen LogP contribution in [0.1, 0.15) is 60.3 Å². The highest BCUT2D eigenvalue weighted by Gasteiger charge is 2.37. The van der Waals surface area contributed by atoms with Gasteiger partial charge in [-0.1, -0.05) is 41.0 Å². The highest BCUT2D eigenvalue weighted by Crippen LogP contribution is 2.34. The number of nitrogens with zero attached hydrogens (tertiary/aromatic N) is 1. The minimum absolute atomic E-state index is 0.196. The molecule has 3 nitrogen and oxygen atoms in total. The summed E-state index contributed by atoms with van der Waals surface area (Å²) in [4.78, 5) is 14.9. The topological polar surface area (TPSA) is 32.3 Å². The summed E-state index contributed by atoms with van der Waals surface area (Å²) in [6.45, 7) is 12.9. The number of nitrogens with one attached hydrogen (secondary N) is 1. The van der Waals surface area contributed by atoms with E-state index in [2.05, 4.69) is 24.1 Å². The molecule has 0 spiro atoms. The fourth-order valence-corrected chi connectivity index (χ4v) is 3.50. The van der Waals surface area contributed by atoms with E-state index in [0.29, 0.717) is 6.04 Å². The molecular weight excluding hydrogens is 248 g/mol. The molecule has 2 fully saturated rings. The summed E-state index contributed by atoms with van der Waals surface area (Å²) in [5, 5.41) is 3.29. The number of carbonyl (C=O) groups excluding carboxylic acids is 1. The first-order valence-corrected chi connectivity index (χ1v) is 8.34. The summed E-state index contributed by atoms with van der Waals surface area (Å²) in [5.74, 6) is 1.83. The van der Waals surface area contributed by atoms with E-state index in [1.807, 2.05) is 20.8 Å².